The van der Waals surface area contributed by atoms with Crippen molar-refractivity contribution in [3.05, 3.63) is 28.0 Å². The van der Waals surface area contributed by atoms with E-state index in [4.69, 9.17) is 23.8 Å². The van der Waals surface area contributed by atoms with Gasteiger partial charge in [0.2, 0.25) is 5.91 Å². The summed E-state index contributed by atoms with van der Waals surface area (Å²) < 4.78 is 2.62. The number of rotatable bonds is 5. The van der Waals surface area contributed by atoms with Crippen molar-refractivity contribution in [2.24, 2.45) is 0 Å². The number of fused-ring (bicyclic) bond motifs is 1. The van der Waals surface area contributed by atoms with Crippen LogP contribution in [0.15, 0.2) is 18.2 Å². The molecule has 0 saturated heterocycles. The van der Waals surface area contributed by atoms with Gasteiger partial charge in [-0.1, -0.05) is 17.7 Å². The minimum absolute atomic E-state index is 0.130. The van der Waals surface area contributed by atoms with Gasteiger partial charge in [0.05, 0.1) is 16.1 Å². The number of carbonyl (C=O) groups excluding carboxylic acids is 1. The van der Waals surface area contributed by atoms with Crippen molar-refractivity contribution in [1.29, 1.82) is 0 Å². The predicted octanol–water partition coefficient (Wildman–Crippen LogP) is 3.41. The van der Waals surface area contributed by atoms with Gasteiger partial charge in [-0.15, -0.1) is 0 Å². The second kappa shape index (κ2) is 5.58. The highest BCUT2D eigenvalue weighted by molar-refractivity contribution is 7.71. The maximum atomic E-state index is 11.7. The zero-order valence-corrected chi connectivity index (χ0v) is 12.6. The normalized spacial score (nSPS) is 14.7. The number of aromatic nitrogens is 2. The number of hydrogen-bond donors (Lipinski definition) is 2. The van der Waals surface area contributed by atoms with Crippen LogP contribution < -0.4 is 5.32 Å². The number of aryl methyl sites for hydroxylation is 1. The predicted molar refractivity (Wildman–Crippen MR) is 82.5 cm³/mol. The standard InChI is InChI=1S/C14H16ClN3OS/c15-10-3-1-4-11-13(10)18(14(20)17-11)8-2-5-12(19)16-9-6-7-9/h1,3-4,9H,2,5-8H2,(H,16,19)(H,17,20). The third-order valence-electron chi connectivity index (χ3n) is 3.47. The van der Waals surface area contributed by atoms with Gasteiger partial charge in [0.15, 0.2) is 4.77 Å². The van der Waals surface area contributed by atoms with E-state index in [1.54, 1.807) is 0 Å². The largest absolute Gasteiger partial charge is 0.353 e. The fourth-order valence-electron chi connectivity index (χ4n) is 2.31. The van der Waals surface area contributed by atoms with E-state index in [1.165, 1.54) is 0 Å². The summed E-state index contributed by atoms with van der Waals surface area (Å²) in [6.45, 7) is 0.695. The Morgan fingerprint density at radius 3 is 3.05 bits per heavy atom. The molecule has 2 aromatic rings. The summed E-state index contributed by atoms with van der Waals surface area (Å²) in [5, 5.41) is 3.67. The first kappa shape index (κ1) is 13.6. The van der Waals surface area contributed by atoms with Crippen LogP contribution >= 0.6 is 23.8 Å². The number of amides is 1. The maximum absolute atomic E-state index is 11.7. The second-order valence-electron chi connectivity index (χ2n) is 5.16. The van der Waals surface area contributed by atoms with Crippen LogP contribution in [0.4, 0.5) is 0 Å². The molecule has 106 valence electrons. The van der Waals surface area contributed by atoms with Crippen LogP contribution in [0.2, 0.25) is 5.02 Å². The van der Waals surface area contributed by atoms with Crippen LogP contribution in [0.3, 0.4) is 0 Å². The fourth-order valence-corrected chi connectivity index (χ4v) is 2.88. The highest BCUT2D eigenvalue weighted by Gasteiger charge is 2.22. The molecule has 4 nitrogen and oxygen atoms in total. The van der Waals surface area contributed by atoms with Crippen molar-refractivity contribution in [3.8, 4) is 0 Å². The Kier molecular flexibility index (Phi) is 3.81. The quantitative estimate of drug-likeness (QED) is 0.832. The van der Waals surface area contributed by atoms with E-state index >= 15 is 0 Å². The summed E-state index contributed by atoms with van der Waals surface area (Å²) in [5.74, 6) is 0.130. The number of aromatic amines is 1. The molecule has 1 fully saturated rings. The van der Waals surface area contributed by atoms with Crippen LogP contribution in [0, 0.1) is 4.77 Å². The monoisotopic (exact) mass is 309 g/mol. The van der Waals surface area contributed by atoms with Crippen LogP contribution in [-0.2, 0) is 11.3 Å². The van der Waals surface area contributed by atoms with Crippen LogP contribution in [0.25, 0.3) is 11.0 Å². The maximum Gasteiger partial charge on any atom is 0.220 e. The lowest BCUT2D eigenvalue weighted by molar-refractivity contribution is -0.121. The van der Waals surface area contributed by atoms with Crippen molar-refractivity contribution < 1.29 is 4.79 Å². The minimum atomic E-state index is 0.130. The number of carbonyl (C=O) groups is 1. The number of benzene rings is 1. The van der Waals surface area contributed by atoms with Gasteiger partial charge >= 0.3 is 0 Å². The summed E-state index contributed by atoms with van der Waals surface area (Å²) in [6, 6.07) is 6.12. The Hall–Kier alpha value is -1.33. The smallest absolute Gasteiger partial charge is 0.220 e. The summed E-state index contributed by atoms with van der Waals surface area (Å²) in [6.07, 6.45) is 3.52. The molecular weight excluding hydrogens is 294 g/mol. The van der Waals surface area contributed by atoms with Gasteiger partial charge in [0.1, 0.15) is 0 Å². The average Bonchev–Trinajstić information content (AvgIpc) is 3.14. The van der Waals surface area contributed by atoms with Gasteiger partial charge in [-0.05, 0) is 43.6 Å². The van der Waals surface area contributed by atoms with E-state index in [-0.39, 0.29) is 5.91 Å². The molecule has 1 amide bonds. The topological polar surface area (TPSA) is 49.8 Å². The number of para-hydroxylation sites is 1. The van der Waals surface area contributed by atoms with Gasteiger partial charge in [0, 0.05) is 19.0 Å². The molecule has 0 atom stereocenters. The summed E-state index contributed by atoms with van der Waals surface area (Å²) in [7, 11) is 0. The number of nitrogens with one attached hydrogen (secondary N) is 2. The Bertz CT molecular complexity index is 702. The lowest BCUT2D eigenvalue weighted by Gasteiger charge is -2.06. The molecule has 1 aromatic carbocycles. The molecule has 1 aromatic heterocycles. The second-order valence-corrected chi connectivity index (χ2v) is 5.96. The molecule has 3 rings (SSSR count). The number of H-pyrrole nitrogens is 1. The van der Waals surface area contributed by atoms with Gasteiger partial charge in [-0.25, -0.2) is 0 Å². The van der Waals surface area contributed by atoms with Crippen molar-refractivity contribution in [2.75, 3.05) is 0 Å². The molecule has 1 heterocycles. The van der Waals surface area contributed by atoms with Crippen LogP contribution in [0.1, 0.15) is 25.7 Å². The van der Waals surface area contributed by atoms with Gasteiger partial charge in [0.25, 0.3) is 0 Å². The Labute approximate surface area is 127 Å². The zero-order chi connectivity index (χ0) is 14.1. The molecular formula is C14H16ClN3OS. The number of imidazole rings is 1. The molecule has 0 spiro atoms. The molecule has 0 aliphatic heterocycles. The molecule has 0 bridgehead atoms. The van der Waals surface area contributed by atoms with Crippen molar-refractivity contribution in [2.45, 2.75) is 38.3 Å². The van der Waals surface area contributed by atoms with Gasteiger partial charge in [-0.2, -0.15) is 0 Å². The fraction of sp³-hybridized carbons (Fsp3) is 0.429. The zero-order valence-electron chi connectivity index (χ0n) is 11.0. The van der Waals surface area contributed by atoms with E-state index < -0.39 is 0 Å². The highest BCUT2D eigenvalue weighted by atomic mass is 35.5. The lowest BCUT2D eigenvalue weighted by atomic mass is 10.2. The van der Waals surface area contributed by atoms with E-state index in [0.717, 1.165) is 30.3 Å². The van der Waals surface area contributed by atoms with Crippen molar-refractivity contribution in [1.82, 2.24) is 14.9 Å². The average molecular weight is 310 g/mol. The first-order chi connectivity index (χ1) is 9.65. The molecule has 20 heavy (non-hydrogen) atoms. The van der Waals surface area contributed by atoms with Gasteiger partial charge in [-0.3, -0.25) is 4.79 Å². The van der Waals surface area contributed by atoms with Crippen molar-refractivity contribution >= 4 is 40.8 Å². The molecule has 6 heteroatoms. The molecule has 1 aliphatic carbocycles. The highest BCUT2D eigenvalue weighted by Crippen LogP contribution is 2.23. The summed E-state index contributed by atoms with van der Waals surface area (Å²) in [4.78, 5) is 14.8. The number of halogens is 1. The summed E-state index contributed by atoms with van der Waals surface area (Å²) >= 11 is 11.5. The Balaban J connectivity index is 1.69. The Morgan fingerprint density at radius 2 is 2.30 bits per heavy atom. The minimum Gasteiger partial charge on any atom is -0.353 e. The molecule has 1 aliphatic rings. The molecule has 1 saturated carbocycles. The third kappa shape index (κ3) is 2.88. The first-order valence-electron chi connectivity index (χ1n) is 6.81. The number of hydrogen-bond acceptors (Lipinski definition) is 2. The Morgan fingerprint density at radius 1 is 1.50 bits per heavy atom. The number of nitrogens with zero attached hydrogens (tertiary/aromatic N) is 1. The molecule has 0 unspecified atom stereocenters. The van der Waals surface area contributed by atoms with E-state index in [0.29, 0.717) is 28.8 Å². The van der Waals surface area contributed by atoms with Gasteiger partial charge < -0.3 is 14.9 Å². The first-order valence-corrected chi connectivity index (χ1v) is 7.60. The molecule has 0 radical (unpaired) electrons. The van der Waals surface area contributed by atoms with E-state index in [2.05, 4.69) is 10.3 Å². The van der Waals surface area contributed by atoms with Crippen LogP contribution in [-0.4, -0.2) is 21.5 Å². The van der Waals surface area contributed by atoms with E-state index in [1.807, 2.05) is 22.8 Å². The molecule has 2 N–H and O–H groups in total. The van der Waals surface area contributed by atoms with Crippen LogP contribution in [0.5, 0.6) is 0 Å². The SMILES string of the molecule is O=C(CCCn1c(=S)[nH]c2cccc(Cl)c21)NC1CC1. The lowest BCUT2D eigenvalue weighted by Crippen LogP contribution is -2.25. The third-order valence-corrected chi connectivity index (χ3v) is 4.10. The summed E-state index contributed by atoms with van der Waals surface area (Å²) in [5.41, 5.74) is 1.85. The van der Waals surface area contributed by atoms with E-state index in [9.17, 15) is 4.79 Å². The van der Waals surface area contributed by atoms with Crippen molar-refractivity contribution in [3.63, 3.8) is 0 Å².